The molecule has 0 radical (unpaired) electrons. The summed E-state index contributed by atoms with van der Waals surface area (Å²) in [4.78, 5) is 26.1. The minimum atomic E-state index is -3.82. The molecule has 2 N–H and O–H groups in total. The number of nitrogens with one attached hydrogen (secondary N) is 2. The number of carbonyl (C=O) groups excluding carboxylic acids is 2. The van der Waals surface area contributed by atoms with Gasteiger partial charge < -0.3 is 10.6 Å². The third-order valence-corrected chi connectivity index (χ3v) is 8.70. The van der Waals surface area contributed by atoms with E-state index in [0.717, 1.165) is 21.5 Å². The van der Waals surface area contributed by atoms with E-state index in [4.69, 9.17) is 0 Å². The van der Waals surface area contributed by atoms with Crippen molar-refractivity contribution in [1.29, 1.82) is 0 Å². The fourth-order valence-corrected chi connectivity index (χ4v) is 6.08. The SMILES string of the molecule is O=C(Nc1ccc(S(=O)(=O)c2ccc(NC(=O)c3cccc4ccccc34)cc2)cc1)c1cccc2ccccc12. The molecular weight excluding hydrogens is 532 g/mol. The summed E-state index contributed by atoms with van der Waals surface area (Å²) in [6, 6.07) is 38.4. The molecule has 41 heavy (non-hydrogen) atoms. The standard InChI is InChI=1S/C34H24N2O4S/c37-33(31-13-5-9-23-7-1-3-11-29(23)31)35-25-15-19-27(20-16-25)41(39,40)28-21-17-26(18-22-28)36-34(38)32-14-6-10-24-8-2-4-12-30(24)32/h1-22H,(H,35,37)(H,36,38). The molecule has 7 heteroatoms. The molecule has 0 aromatic heterocycles. The van der Waals surface area contributed by atoms with Crippen LogP contribution in [0.1, 0.15) is 20.7 Å². The van der Waals surface area contributed by atoms with Crippen LogP contribution in [0.25, 0.3) is 21.5 Å². The highest BCUT2D eigenvalue weighted by molar-refractivity contribution is 7.91. The molecule has 0 aliphatic heterocycles. The second-order valence-corrected chi connectivity index (χ2v) is 11.5. The van der Waals surface area contributed by atoms with Crippen molar-refractivity contribution in [3.8, 4) is 0 Å². The number of hydrogen-bond donors (Lipinski definition) is 2. The Morgan fingerprint density at radius 1 is 0.439 bits per heavy atom. The van der Waals surface area contributed by atoms with Crippen LogP contribution in [0.2, 0.25) is 0 Å². The lowest BCUT2D eigenvalue weighted by Crippen LogP contribution is -2.13. The molecule has 6 nitrogen and oxygen atoms in total. The van der Waals surface area contributed by atoms with Crippen LogP contribution in [0.4, 0.5) is 11.4 Å². The molecule has 0 aliphatic carbocycles. The minimum Gasteiger partial charge on any atom is -0.322 e. The smallest absolute Gasteiger partial charge is 0.256 e. The van der Waals surface area contributed by atoms with Gasteiger partial charge in [-0.3, -0.25) is 9.59 Å². The lowest BCUT2D eigenvalue weighted by molar-refractivity contribution is 0.102. The average Bonchev–Trinajstić information content (AvgIpc) is 3.01. The zero-order chi connectivity index (χ0) is 28.4. The zero-order valence-electron chi connectivity index (χ0n) is 21.7. The number of sulfone groups is 1. The van der Waals surface area contributed by atoms with E-state index >= 15 is 0 Å². The van der Waals surface area contributed by atoms with Crippen LogP contribution < -0.4 is 10.6 Å². The van der Waals surface area contributed by atoms with Crippen molar-refractivity contribution in [3.63, 3.8) is 0 Å². The predicted octanol–water partition coefficient (Wildman–Crippen LogP) is 7.33. The number of fused-ring (bicyclic) bond motifs is 2. The third kappa shape index (κ3) is 5.18. The summed E-state index contributed by atoms with van der Waals surface area (Å²) in [5.74, 6) is -0.558. The Bertz CT molecular complexity index is 1880. The van der Waals surface area contributed by atoms with Gasteiger partial charge in [0.15, 0.2) is 0 Å². The maximum absolute atomic E-state index is 13.3. The first kappa shape index (κ1) is 26.0. The monoisotopic (exact) mass is 556 g/mol. The number of benzene rings is 6. The summed E-state index contributed by atoms with van der Waals surface area (Å²) >= 11 is 0. The summed E-state index contributed by atoms with van der Waals surface area (Å²) in [6.07, 6.45) is 0. The van der Waals surface area contributed by atoms with Gasteiger partial charge >= 0.3 is 0 Å². The van der Waals surface area contributed by atoms with Crippen LogP contribution in [0.5, 0.6) is 0 Å². The molecule has 0 unspecified atom stereocenters. The van der Waals surface area contributed by atoms with Crippen molar-refractivity contribution >= 4 is 54.6 Å². The van der Waals surface area contributed by atoms with Crippen molar-refractivity contribution in [1.82, 2.24) is 0 Å². The van der Waals surface area contributed by atoms with E-state index in [1.54, 1.807) is 36.4 Å². The Morgan fingerprint density at radius 3 is 1.22 bits per heavy atom. The zero-order valence-corrected chi connectivity index (χ0v) is 22.6. The van der Waals surface area contributed by atoms with Crippen molar-refractivity contribution in [2.75, 3.05) is 10.6 Å². The van der Waals surface area contributed by atoms with Crippen molar-refractivity contribution in [3.05, 3.63) is 145 Å². The third-order valence-electron chi connectivity index (χ3n) is 6.91. The summed E-state index contributed by atoms with van der Waals surface area (Å²) in [7, 11) is -3.82. The van der Waals surface area contributed by atoms with E-state index < -0.39 is 9.84 Å². The lowest BCUT2D eigenvalue weighted by Gasteiger charge is -2.11. The van der Waals surface area contributed by atoms with Gasteiger partial charge in [0.2, 0.25) is 9.84 Å². The number of hydrogen-bond acceptors (Lipinski definition) is 4. The molecule has 0 aliphatic rings. The summed E-state index contributed by atoms with van der Waals surface area (Å²) in [6.45, 7) is 0. The first-order valence-electron chi connectivity index (χ1n) is 12.9. The Morgan fingerprint density at radius 2 is 0.805 bits per heavy atom. The quantitative estimate of drug-likeness (QED) is 0.225. The van der Waals surface area contributed by atoms with Crippen LogP contribution in [0.3, 0.4) is 0 Å². The minimum absolute atomic E-state index is 0.0909. The first-order valence-corrected chi connectivity index (χ1v) is 14.4. The first-order chi connectivity index (χ1) is 19.9. The number of amides is 2. The largest absolute Gasteiger partial charge is 0.322 e. The summed E-state index contributed by atoms with van der Waals surface area (Å²) < 4.78 is 26.5. The maximum atomic E-state index is 13.3. The van der Waals surface area contributed by atoms with E-state index in [-0.39, 0.29) is 21.6 Å². The normalized spacial score (nSPS) is 11.3. The van der Waals surface area contributed by atoms with E-state index in [9.17, 15) is 18.0 Å². The van der Waals surface area contributed by atoms with Gasteiger partial charge in [-0.05, 0) is 82.2 Å². The van der Waals surface area contributed by atoms with Gasteiger partial charge in [0.05, 0.1) is 9.79 Å². The molecule has 0 saturated heterocycles. The van der Waals surface area contributed by atoms with Crippen molar-refractivity contribution < 1.29 is 18.0 Å². The van der Waals surface area contributed by atoms with Gasteiger partial charge in [-0.1, -0.05) is 72.8 Å². The van der Waals surface area contributed by atoms with E-state index in [2.05, 4.69) is 10.6 Å². The number of anilines is 2. The second kappa shape index (κ2) is 10.7. The van der Waals surface area contributed by atoms with Gasteiger partial charge in [0.1, 0.15) is 0 Å². The van der Waals surface area contributed by atoms with Gasteiger partial charge in [-0.25, -0.2) is 8.42 Å². The van der Waals surface area contributed by atoms with Gasteiger partial charge in [-0.15, -0.1) is 0 Å². The fraction of sp³-hybridized carbons (Fsp3) is 0. The van der Waals surface area contributed by atoms with E-state index in [1.807, 2.05) is 72.8 Å². The maximum Gasteiger partial charge on any atom is 0.256 e. The molecule has 6 aromatic carbocycles. The van der Waals surface area contributed by atoms with Gasteiger partial charge in [0.25, 0.3) is 11.8 Å². The molecule has 6 rings (SSSR count). The lowest BCUT2D eigenvalue weighted by atomic mass is 10.0. The molecule has 0 heterocycles. The van der Waals surface area contributed by atoms with Crippen LogP contribution in [-0.4, -0.2) is 20.2 Å². The molecule has 200 valence electrons. The molecule has 0 spiro atoms. The predicted molar refractivity (Wildman–Crippen MR) is 162 cm³/mol. The molecule has 6 aromatic rings. The fourth-order valence-electron chi connectivity index (χ4n) is 4.81. The Hall–Kier alpha value is -5.27. The average molecular weight is 557 g/mol. The molecule has 0 saturated carbocycles. The molecule has 0 bridgehead atoms. The topological polar surface area (TPSA) is 92.3 Å². The molecular formula is C34H24N2O4S. The van der Waals surface area contributed by atoms with Gasteiger partial charge in [-0.2, -0.15) is 0 Å². The molecule has 0 fully saturated rings. The highest BCUT2D eigenvalue weighted by Gasteiger charge is 2.19. The van der Waals surface area contributed by atoms with E-state index in [0.29, 0.717) is 22.5 Å². The molecule has 0 atom stereocenters. The Balaban J connectivity index is 1.16. The van der Waals surface area contributed by atoms with Crippen LogP contribution in [0.15, 0.2) is 143 Å². The van der Waals surface area contributed by atoms with Crippen LogP contribution in [-0.2, 0) is 9.84 Å². The highest BCUT2D eigenvalue weighted by Crippen LogP contribution is 2.26. The second-order valence-electron chi connectivity index (χ2n) is 9.51. The Labute approximate surface area is 237 Å². The summed E-state index contributed by atoms with van der Waals surface area (Å²) in [5, 5.41) is 9.28. The molecule has 2 amide bonds. The van der Waals surface area contributed by atoms with Crippen molar-refractivity contribution in [2.24, 2.45) is 0 Å². The van der Waals surface area contributed by atoms with E-state index in [1.165, 1.54) is 24.3 Å². The van der Waals surface area contributed by atoms with Crippen LogP contribution >= 0.6 is 0 Å². The van der Waals surface area contributed by atoms with Crippen molar-refractivity contribution in [2.45, 2.75) is 9.79 Å². The summed E-state index contributed by atoms with van der Waals surface area (Å²) in [5.41, 5.74) is 2.03. The van der Waals surface area contributed by atoms with Gasteiger partial charge in [0, 0.05) is 22.5 Å². The highest BCUT2D eigenvalue weighted by atomic mass is 32.2. The van der Waals surface area contributed by atoms with Crippen LogP contribution in [0, 0.1) is 0 Å². The Kier molecular flexibility index (Phi) is 6.79. The number of rotatable bonds is 6. The number of carbonyl (C=O) groups is 2.